The number of nitrogens with zero attached hydrogens (tertiary/aromatic N) is 3. The van der Waals surface area contributed by atoms with Crippen LogP contribution in [0.15, 0.2) is 16.6 Å². The highest BCUT2D eigenvalue weighted by molar-refractivity contribution is 9.10. The predicted molar refractivity (Wildman–Crippen MR) is 78.3 cm³/mol. The lowest BCUT2D eigenvalue weighted by Gasteiger charge is -2.12. The minimum atomic E-state index is -0.381. The fourth-order valence-electron chi connectivity index (χ4n) is 1.74. The molecule has 1 aromatic carbocycles. The molecule has 4 nitrogen and oxygen atoms in total. The molecule has 0 aliphatic rings. The van der Waals surface area contributed by atoms with Crippen molar-refractivity contribution in [2.45, 2.75) is 20.8 Å². The minimum Gasteiger partial charge on any atom is -0.337 e. The van der Waals surface area contributed by atoms with Crippen molar-refractivity contribution in [2.75, 3.05) is 5.32 Å². The monoisotopic (exact) mass is 334 g/mol. The number of aromatic nitrogens is 2. The van der Waals surface area contributed by atoms with Crippen LogP contribution in [0.5, 0.6) is 0 Å². The van der Waals surface area contributed by atoms with Crippen molar-refractivity contribution in [1.29, 1.82) is 5.26 Å². The van der Waals surface area contributed by atoms with Crippen molar-refractivity contribution in [2.24, 2.45) is 0 Å². The minimum absolute atomic E-state index is 0.334. The molecule has 102 valence electrons. The lowest BCUT2D eigenvalue weighted by atomic mass is 10.1. The Morgan fingerprint density at radius 1 is 1.25 bits per heavy atom. The number of rotatable bonds is 2. The normalized spacial score (nSPS) is 10.2. The molecule has 0 bridgehead atoms. The first-order valence-electron chi connectivity index (χ1n) is 5.90. The third-order valence-corrected chi connectivity index (χ3v) is 3.69. The fourth-order valence-corrected chi connectivity index (χ4v) is 2.20. The third-order valence-electron chi connectivity index (χ3n) is 3.09. The summed E-state index contributed by atoms with van der Waals surface area (Å²) in [5, 5.41) is 20.2. The molecular formula is C14H12BrFN4. The van der Waals surface area contributed by atoms with Crippen LogP contribution in [0, 0.1) is 37.9 Å². The molecular weight excluding hydrogens is 323 g/mol. The summed E-state index contributed by atoms with van der Waals surface area (Å²) >= 11 is 3.13. The highest BCUT2D eigenvalue weighted by atomic mass is 79.9. The highest BCUT2D eigenvalue weighted by Crippen LogP contribution is 2.27. The van der Waals surface area contributed by atoms with Gasteiger partial charge in [-0.1, -0.05) is 0 Å². The second-order valence-electron chi connectivity index (χ2n) is 4.45. The molecule has 2 rings (SSSR count). The van der Waals surface area contributed by atoms with Crippen LogP contribution in [-0.2, 0) is 0 Å². The molecule has 0 atom stereocenters. The second-order valence-corrected chi connectivity index (χ2v) is 5.31. The SMILES string of the molecule is Cc1cc(Br)c(F)cc1Nc1nnc(C)c(C)c1C#N. The van der Waals surface area contributed by atoms with E-state index in [1.54, 1.807) is 13.0 Å². The van der Waals surface area contributed by atoms with Crippen LogP contribution in [0.3, 0.4) is 0 Å². The van der Waals surface area contributed by atoms with E-state index in [-0.39, 0.29) is 5.82 Å². The van der Waals surface area contributed by atoms with E-state index in [1.807, 2.05) is 13.8 Å². The molecule has 0 amide bonds. The summed E-state index contributed by atoms with van der Waals surface area (Å²) in [6, 6.07) is 5.13. The maximum Gasteiger partial charge on any atom is 0.171 e. The molecule has 2 aromatic rings. The molecule has 0 aliphatic heterocycles. The van der Waals surface area contributed by atoms with E-state index in [9.17, 15) is 9.65 Å². The van der Waals surface area contributed by atoms with Gasteiger partial charge in [-0.05, 0) is 60.0 Å². The Balaban J connectivity index is 2.49. The molecule has 1 heterocycles. The molecule has 0 spiro atoms. The Kier molecular flexibility index (Phi) is 4.00. The lowest BCUT2D eigenvalue weighted by Crippen LogP contribution is -2.04. The van der Waals surface area contributed by atoms with Crippen molar-refractivity contribution in [3.8, 4) is 6.07 Å². The largest absolute Gasteiger partial charge is 0.337 e. The number of nitriles is 1. The van der Waals surface area contributed by atoms with Crippen molar-refractivity contribution in [3.05, 3.63) is 44.8 Å². The Morgan fingerprint density at radius 2 is 1.95 bits per heavy atom. The summed E-state index contributed by atoms with van der Waals surface area (Å²) in [6.07, 6.45) is 0. The van der Waals surface area contributed by atoms with E-state index in [2.05, 4.69) is 37.5 Å². The number of halogens is 2. The molecule has 0 aliphatic carbocycles. The number of anilines is 2. The van der Waals surface area contributed by atoms with Gasteiger partial charge in [-0.25, -0.2) is 4.39 Å². The molecule has 0 radical (unpaired) electrons. The second kappa shape index (κ2) is 5.55. The van der Waals surface area contributed by atoms with Gasteiger partial charge in [0.25, 0.3) is 0 Å². The maximum absolute atomic E-state index is 13.6. The molecule has 1 aromatic heterocycles. The lowest BCUT2D eigenvalue weighted by molar-refractivity contribution is 0.621. The van der Waals surface area contributed by atoms with Crippen LogP contribution >= 0.6 is 15.9 Å². The van der Waals surface area contributed by atoms with Crippen molar-refractivity contribution in [3.63, 3.8) is 0 Å². The van der Waals surface area contributed by atoms with Crippen molar-refractivity contribution < 1.29 is 4.39 Å². The third kappa shape index (κ3) is 2.63. The number of hydrogen-bond acceptors (Lipinski definition) is 4. The average Bonchev–Trinajstić information content (AvgIpc) is 2.40. The van der Waals surface area contributed by atoms with Crippen molar-refractivity contribution >= 4 is 27.4 Å². The van der Waals surface area contributed by atoms with E-state index < -0.39 is 0 Å². The summed E-state index contributed by atoms with van der Waals surface area (Å²) in [5.41, 5.74) is 3.27. The van der Waals surface area contributed by atoms with Crippen LogP contribution in [0.4, 0.5) is 15.9 Å². The van der Waals surface area contributed by atoms with Gasteiger partial charge in [0.15, 0.2) is 5.82 Å². The first kappa shape index (κ1) is 14.4. The van der Waals surface area contributed by atoms with Crippen LogP contribution in [0.1, 0.15) is 22.4 Å². The first-order chi connectivity index (χ1) is 9.43. The van der Waals surface area contributed by atoms with Gasteiger partial charge < -0.3 is 5.32 Å². The molecule has 1 N–H and O–H groups in total. The van der Waals surface area contributed by atoms with Crippen LogP contribution in [-0.4, -0.2) is 10.2 Å². The summed E-state index contributed by atoms with van der Waals surface area (Å²) < 4.78 is 14.0. The zero-order valence-corrected chi connectivity index (χ0v) is 12.8. The molecule has 0 saturated carbocycles. The molecule has 0 fully saturated rings. The summed E-state index contributed by atoms with van der Waals surface area (Å²) in [7, 11) is 0. The maximum atomic E-state index is 13.6. The van der Waals surface area contributed by atoms with E-state index in [0.29, 0.717) is 27.2 Å². The predicted octanol–water partition coefficient (Wildman–Crippen LogP) is 3.92. The topological polar surface area (TPSA) is 61.6 Å². The molecule has 0 unspecified atom stereocenters. The van der Waals surface area contributed by atoms with E-state index in [0.717, 1.165) is 11.1 Å². The number of hydrogen-bond donors (Lipinski definition) is 1. The fraction of sp³-hybridized carbons (Fsp3) is 0.214. The number of benzene rings is 1. The zero-order valence-electron chi connectivity index (χ0n) is 11.3. The summed E-state index contributed by atoms with van der Waals surface area (Å²) in [5.74, 6) is -0.0474. The Labute approximate surface area is 124 Å². The number of aryl methyl sites for hydroxylation is 2. The van der Waals surface area contributed by atoms with Gasteiger partial charge in [0, 0.05) is 5.69 Å². The van der Waals surface area contributed by atoms with Gasteiger partial charge >= 0.3 is 0 Å². The Hall–Kier alpha value is -2.00. The first-order valence-corrected chi connectivity index (χ1v) is 6.70. The van der Waals surface area contributed by atoms with Gasteiger partial charge in [-0.3, -0.25) is 0 Å². The van der Waals surface area contributed by atoms with Gasteiger partial charge in [-0.15, -0.1) is 5.10 Å². The summed E-state index contributed by atoms with van der Waals surface area (Å²) in [6.45, 7) is 5.44. The number of nitrogens with one attached hydrogen (secondary N) is 1. The van der Waals surface area contributed by atoms with E-state index in [4.69, 9.17) is 0 Å². The van der Waals surface area contributed by atoms with Gasteiger partial charge in [0.05, 0.1) is 10.2 Å². The van der Waals surface area contributed by atoms with Crippen LogP contribution in [0.25, 0.3) is 0 Å². The molecule has 20 heavy (non-hydrogen) atoms. The molecule has 6 heteroatoms. The smallest absolute Gasteiger partial charge is 0.171 e. The average molecular weight is 335 g/mol. The Morgan fingerprint density at radius 3 is 2.60 bits per heavy atom. The van der Waals surface area contributed by atoms with Gasteiger partial charge in [-0.2, -0.15) is 10.4 Å². The zero-order chi connectivity index (χ0) is 14.9. The van der Waals surface area contributed by atoms with Gasteiger partial charge in [0.2, 0.25) is 0 Å². The van der Waals surface area contributed by atoms with E-state index >= 15 is 0 Å². The van der Waals surface area contributed by atoms with Gasteiger partial charge in [0.1, 0.15) is 17.4 Å². The highest BCUT2D eigenvalue weighted by Gasteiger charge is 2.13. The standard InChI is InChI=1S/C14H12BrFN4/c1-7-4-11(15)12(16)5-13(7)18-14-10(6-17)8(2)9(3)19-20-14/h4-5H,1-3H3,(H,18,20). The Bertz CT molecular complexity index is 722. The quantitative estimate of drug-likeness (QED) is 0.904. The van der Waals surface area contributed by atoms with Crippen LogP contribution < -0.4 is 5.32 Å². The summed E-state index contributed by atoms with van der Waals surface area (Å²) in [4.78, 5) is 0. The molecule has 0 saturated heterocycles. The van der Waals surface area contributed by atoms with Crippen LogP contribution in [0.2, 0.25) is 0 Å². The van der Waals surface area contributed by atoms with Crippen molar-refractivity contribution in [1.82, 2.24) is 10.2 Å². The van der Waals surface area contributed by atoms with E-state index in [1.165, 1.54) is 6.07 Å².